The van der Waals surface area contributed by atoms with E-state index >= 15 is 0 Å². The molecule has 0 fully saturated rings. The van der Waals surface area contributed by atoms with Crippen molar-refractivity contribution < 1.29 is 9.59 Å². The van der Waals surface area contributed by atoms with E-state index in [0.29, 0.717) is 6.54 Å². The average Bonchev–Trinajstić information content (AvgIpc) is 3.00. The molecule has 2 aliphatic rings. The number of rotatable bonds is 0. The lowest BCUT2D eigenvalue weighted by Crippen LogP contribution is -2.31. The highest BCUT2D eigenvalue weighted by Gasteiger charge is 2.44. The number of ketones is 1. The molecule has 4 heteroatoms. The molecule has 4 rings (SSSR count). The summed E-state index contributed by atoms with van der Waals surface area (Å²) in [6.45, 7) is 2.47. The fourth-order valence-electron chi connectivity index (χ4n) is 3.32. The third-order valence-electron chi connectivity index (χ3n) is 4.30. The molecule has 2 unspecified atom stereocenters. The van der Waals surface area contributed by atoms with E-state index in [0.717, 1.165) is 21.6 Å². The summed E-state index contributed by atoms with van der Waals surface area (Å²) >= 11 is 1.48. The van der Waals surface area contributed by atoms with Crippen LogP contribution in [0.15, 0.2) is 35.7 Å². The molecule has 0 bridgehead atoms. The molecule has 1 aromatic heterocycles. The molecule has 0 saturated heterocycles. The summed E-state index contributed by atoms with van der Waals surface area (Å²) in [6.07, 6.45) is 0. The van der Waals surface area contributed by atoms with Crippen molar-refractivity contribution in [1.29, 1.82) is 0 Å². The number of nitrogens with zero attached hydrogens (tertiary/aromatic N) is 1. The van der Waals surface area contributed by atoms with Gasteiger partial charge in [0.25, 0.3) is 5.91 Å². The number of hydrogen-bond donors (Lipinski definition) is 0. The van der Waals surface area contributed by atoms with E-state index in [1.165, 1.54) is 11.3 Å². The van der Waals surface area contributed by atoms with Crippen LogP contribution in [-0.4, -0.2) is 16.6 Å². The minimum atomic E-state index is -0.192. The Labute approximate surface area is 120 Å². The van der Waals surface area contributed by atoms with Crippen molar-refractivity contribution in [3.8, 4) is 0 Å². The molecular weight excluding hydrogens is 270 g/mol. The first kappa shape index (κ1) is 11.9. The SMILES string of the molecule is CC1C(=O)c2sccc2CN2C(=O)c3ccccc3C12. The molecule has 20 heavy (non-hydrogen) atoms. The molecule has 2 atom stereocenters. The van der Waals surface area contributed by atoms with Crippen LogP contribution < -0.4 is 0 Å². The molecule has 1 amide bonds. The Hall–Kier alpha value is -1.94. The second-order valence-electron chi connectivity index (χ2n) is 5.39. The van der Waals surface area contributed by atoms with Gasteiger partial charge in [0.15, 0.2) is 5.78 Å². The van der Waals surface area contributed by atoms with Crippen molar-refractivity contribution in [2.24, 2.45) is 5.92 Å². The number of Topliss-reactive ketones (excluding diaryl/α,β-unsaturated/α-hetero) is 1. The summed E-state index contributed by atoms with van der Waals surface area (Å²) in [5.74, 6) is 0.0128. The summed E-state index contributed by atoms with van der Waals surface area (Å²) in [5, 5.41) is 1.93. The van der Waals surface area contributed by atoms with Crippen LogP contribution in [0.4, 0.5) is 0 Å². The minimum Gasteiger partial charge on any atom is -0.326 e. The molecule has 2 aromatic rings. The Kier molecular flexibility index (Phi) is 2.39. The Morgan fingerprint density at radius 2 is 2.00 bits per heavy atom. The highest BCUT2D eigenvalue weighted by Crippen LogP contribution is 2.44. The lowest BCUT2D eigenvalue weighted by Gasteiger charge is -2.26. The standard InChI is InChI=1S/C16H13NO2S/c1-9-13-11-4-2-3-5-12(11)16(19)17(13)8-10-6-7-20-15(10)14(9)18/h2-7,9,13H,8H2,1H3. The highest BCUT2D eigenvalue weighted by molar-refractivity contribution is 7.12. The van der Waals surface area contributed by atoms with Gasteiger partial charge in [0, 0.05) is 18.0 Å². The first-order chi connectivity index (χ1) is 9.68. The van der Waals surface area contributed by atoms with Crippen molar-refractivity contribution in [2.45, 2.75) is 19.5 Å². The lowest BCUT2D eigenvalue weighted by molar-refractivity contribution is 0.0643. The van der Waals surface area contributed by atoms with Crippen LogP contribution in [0, 0.1) is 5.92 Å². The molecule has 0 saturated carbocycles. The maximum absolute atomic E-state index is 12.6. The molecule has 0 spiro atoms. The second kappa shape index (κ2) is 4.03. The van der Waals surface area contributed by atoms with E-state index in [4.69, 9.17) is 0 Å². The fraction of sp³-hybridized carbons (Fsp3) is 0.250. The van der Waals surface area contributed by atoms with Crippen molar-refractivity contribution in [2.75, 3.05) is 0 Å². The van der Waals surface area contributed by atoms with E-state index < -0.39 is 0 Å². The van der Waals surface area contributed by atoms with Gasteiger partial charge in [-0.3, -0.25) is 9.59 Å². The first-order valence-corrected chi connectivity index (χ1v) is 7.57. The van der Waals surface area contributed by atoms with Gasteiger partial charge < -0.3 is 4.90 Å². The Morgan fingerprint density at radius 3 is 2.85 bits per heavy atom. The van der Waals surface area contributed by atoms with Gasteiger partial charge in [-0.25, -0.2) is 0 Å². The number of fused-ring (bicyclic) bond motifs is 4. The Morgan fingerprint density at radius 1 is 1.20 bits per heavy atom. The van der Waals surface area contributed by atoms with Crippen molar-refractivity contribution in [3.05, 3.63) is 57.3 Å². The molecule has 2 aliphatic heterocycles. The fourth-order valence-corrected chi connectivity index (χ4v) is 4.27. The third kappa shape index (κ3) is 1.40. The van der Waals surface area contributed by atoms with Gasteiger partial charge in [0.05, 0.1) is 10.9 Å². The lowest BCUT2D eigenvalue weighted by atomic mass is 9.91. The number of carbonyl (C=O) groups is 2. The predicted molar refractivity (Wildman–Crippen MR) is 76.9 cm³/mol. The van der Waals surface area contributed by atoms with Gasteiger partial charge >= 0.3 is 0 Å². The van der Waals surface area contributed by atoms with E-state index in [9.17, 15) is 9.59 Å². The molecule has 1 aromatic carbocycles. The number of hydrogen-bond acceptors (Lipinski definition) is 3. The molecule has 3 heterocycles. The van der Waals surface area contributed by atoms with Gasteiger partial charge in [-0.2, -0.15) is 0 Å². The second-order valence-corrected chi connectivity index (χ2v) is 6.31. The van der Waals surface area contributed by atoms with Crippen molar-refractivity contribution >= 4 is 23.0 Å². The number of thiophene rings is 1. The average molecular weight is 283 g/mol. The van der Waals surface area contributed by atoms with Crippen molar-refractivity contribution in [3.63, 3.8) is 0 Å². The van der Waals surface area contributed by atoms with Crippen LogP contribution >= 0.6 is 11.3 Å². The van der Waals surface area contributed by atoms with E-state index in [1.54, 1.807) is 0 Å². The van der Waals surface area contributed by atoms with Gasteiger partial charge in [-0.05, 0) is 28.6 Å². The molecule has 0 N–H and O–H groups in total. The van der Waals surface area contributed by atoms with Crippen LogP contribution in [-0.2, 0) is 6.54 Å². The van der Waals surface area contributed by atoms with Crippen LogP contribution in [0.5, 0.6) is 0 Å². The monoisotopic (exact) mass is 283 g/mol. The number of carbonyl (C=O) groups excluding carboxylic acids is 2. The van der Waals surface area contributed by atoms with Gasteiger partial charge in [-0.1, -0.05) is 25.1 Å². The summed E-state index contributed by atoms with van der Waals surface area (Å²) in [7, 11) is 0. The summed E-state index contributed by atoms with van der Waals surface area (Å²) in [5.41, 5.74) is 2.72. The zero-order valence-electron chi connectivity index (χ0n) is 11.0. The Bertz CT molecular complexity index is 734. The van der Waals surface area contributed by atoms with Crippen LogP contribution in [0.25, 0.3) is 0 Å². The minimum absolute atomic E-state index is 0.0456. The Balaban J connectivity index is 1.91. The summed E-state index contributed by atoms with van der Waals surface area (Å²) in [6, 6.07) is 9.49. The largest absolute Gasteiger partial charge is 0.326 e. The molecular formula is C16H13NO2S. The maximum atomic E-state index is 12.6. The quantitative estimate of drug-likeness (QED) is 0.744. The normalized spacial score (nSPS) is 24.1. The van der Waals surface area contributed by atoms with E-state index in [1.807, 2.05) is 47.5 Å². The highest BCUT2D eigenvalue weighted by atomic mass is 32.1. The summed E-state index contributed by atoms with van der Waals surface area (Å²) < 4.78 is 0. The predicted octanol–water partition coefficient (Wildman–Crippen LogP) is 3.28. The smallest absolute Gasteiger partial charge is 0.255 e. The summed E-state index contributed by atoms with van der Waals surface area (Å²) in [4.78, 5) is 27.9. The topological polar surface area (TPSA) is 37.4 Å². The van der Waals surface area contributed by atoms with Gasteiger partial charge in [0.1, 0.15) is 0 Å². The zero-order chi connectivity index (χ0) is 13.9. The zero-order valence-corrected chi connectivity index (χ0v) is 11.8. The third-order valence-corrected chi connectivity index (χ3v) is 5.28. The van der Waals surface area contributed by atoms with E-state index in [2.05, 4.69) is 0 Å². The van der Waals surface area contributed by atoms with Crippen LogP contribution in [0.1, 0.15) is 44.1 Å². The van der Waals surface area contributed by atoms with E-state index in [-0.39, 0.29) is 23.7 Å². The van der Waals surface area contributed by atoms with Gasteiger partial charge in [-0.15, -0.1) is 11.3 Å². The first-order valence-electron chi connectivity index (χ1n) is 6.69. The molecule has 3 nitrogen and oxygen atoms in total. The molecule has 0 aliphatic carbocycles. The van der Waals surface area contributed by atoms with Gasteiger partial charge in [0.2, 0.25) is 0 Å². The molecule has 0 radical (unpaired) electrons. The maximum Gasteiger partial charge on any atom is 0.255 e. The molecule has 100 valence electrons. The number of amides is 1. The van der Waals surface area contributed by atoms with Crippen LogP contribution in [0.3, 0.4) is 0 Å². The van der Waals surface area contributed by atoms with Crippen LogP contribution in [0.2, 0.25) is 0 Å². The van der Waals surface area contributed by atoms with Crippen molar-refractivity contribution in [1.82, 2.24) is 4.90 Å². The number of benzene rings is 1.